The Bertz CT molecular complexity index is 946. The quantitative estimate of drug-likeness (QED) is 0.641. The Morgan fingerprint density at radius 1 is 1.27 bits per heavy atom. The molecular weight excluding hydrogens is 350 g/mol. The molecule has 1 heterocycles. The zero-order valence-electron chi connectivity index (χ0n) is 14.5. The summed E-state index contributed by atoms with van der Waals surface area (Å²) in [5, 5.41) is 9.29. The first-order valence-electron chi connectivity index (χ1n) is 8.16. The lowest BCUT2D eigenvalue weighted by Crippen LogP contribution is -2.21. The minimum absolute atomic E-state index is 0.209. The molecule has 0 saturated heterocycles. The van der Waals surface area contributed by atoms with Crippen molar-refractivity contribution in [3.63, 3.8) is 0 Å². The molecule has 2 aromatic carbocycles. The van der Waals surface area contributed by atoms with Crippen molar-refractivity contribution in [3.05, 3.63) is 71.3 Å². The highest BCUT2D eigenvalue weighted by atomic mass is 35.5. The van der Waals surface area contributed by atoms with Crippen molar-refractivity contribution in [2.24, 2.45) is 0 Å². The van der Waals surface area contributed by atoms with E-state index in [1.807, 2.05) is 54.9 Å². The minimum Gasteiger partial charge on any atom is -0.490 e. The van der Waals surface area contributed by atoms with E-state index >= 15 is 0 Å². The lowest BCUT2D eigenvalue weighted by Gasteiger charge is -2.17. The van der Waals surface area contributed by atoms with Crippen LogP contribution < -0.4 is 9.47 Å². The van der Waals surface area contributed by atoms with Crippen LogP contribution in [0.4, 0.5) is 0 Å². The van der Waals surface area contributed by atoms with Crippen LogP contribution in [0.15, 0.2) is 54.9 Å². The maximum absolute atomic E-state index is 8.88. The van der Waals surface area contributed by atoms with Gasteiger partial charge in [-0.1, -0.05) is 17.7 Å². The lowest BCUT2D eigenvalue weighted by atomic mass is 10.2. The lowest BCUT2D eigenvalue weighted by molar-refractivity contribution is 0.143. The smallest absolute Gasteiger partial charge is 0.138 e. The van der Waals surface area contributed by atoms with Crippen molar-refractivity contribution in [1.82, 2.24) is 9.55 Å². The number of benzene rings is 2. The Balaban J connectivity index is 1.62. The molecule has 0 unspecified atom stereocenters. The van der Waals surface area contributed by atoms with Gasteiger partial charge in [0.25, 0.3) is 0 Å². The fourth-order valence-electron chi connectivity index (χ4n) is 2.50. The van der Waals surface area contributed by atoms with E-state index in [2.05, 4.69) is 4.98 Å². The van der Waals surface area contributed by atoms with Gasteiger partial charge in [-0.25, -0.2) is 4.98 Å². The van der Waals surface area contributed by atoms with Gasteiger partial charge in [0.05, 0.1) is 22.3 Å². The van der Waals surface area contributed by atoms with E-state index in [0.717, 1.165) is 17.3 Å². The van der Waals surface area contributed by atoms with E-state index in [0.29, 0.717) is 22.9 Å². The summed E-state index contributed by atoms with van der Waals surface area (Å²) in [6, 6.07) is 14.8. The van der Waals surface area contributed by atoms with Gasteiger partial charge in [-0.3, -0.25) is 0 Å². The fraction of sp³-hybridized carbons (Fsp3) is 0.200. The second-order valence-corrected chi connectivity index (χ2v) is 6.25. The van der Waals surface area contributed by atoms with Gasteiger partial charge in [0, 0.05) is 18.5 Å². The molecule has 0 aliphatic heterocycles. The topological polar surface area (TPSA) is 60.1 Å². The number of hydrogen-bond acceptors (Lipinski definition) is 4. The molecule has 0 saturated carbocycles. The number of nitrogens with zero attached hydrogens (tertiary/aromatic N) is 3. The Hall–Kier alpha value is -2.97. The molecule has 0 N–H and O–H groups in total. The highest BCUT2D eigenvalue weighted by Crippen LogP contribution is 2.26. The summed E-state index contributed by atoms with van der Waals surface area (Å²) in [5.41, 5.74) is 1.49. The monoisotopic (exact) mass is 367 g/mol. The predicted molar refractivity (Wildman–Crippen MR) is 100 cm³/mol. The van der Waals surface area contributed by atoms with Crippen LogP contribution in [0.3, 0.4) is 0 Å². The van der Waals surface area contributed by atoms with Crippen LogP contribution in [0.2, 0.25) is 5.02 Å². The molecule has 26 heavy (non-hydrogen) atoms. The summed E-state index contributed by atoms with van der Waals surface area (Å²) in [7, 11) is 0. The molecule has 0 amide bonds. The van der Waals surface area contributed by atoms with Crippen LogP contribution in [0.1, 0.15) is 18.3 Å². The van der Waals surface area contributed by atoms with Crippen molar-refractivity contribution in [2.45, 2.75) is 20.0 Å². The van der Waals surface area contributed by atoms with E-state index in [1.165, 1.54) is 0 Å². The molecular formula is C20H18ClN3O2. The third kappa shape index (κ3) is 4.16. The molecule has 0 aliphatic rings. The Morgan fingerprint density at radius 3 is 2.81 bits per heavy atom. The summed E-state index contributed by atoms with van der Waals surface area (Å²) in [5.74, 6) is 2.19. The predicted octanol–water partition coefficient (Wildman–Crippen LogP) is 4.55. The van der Waals surface area contributed by atoms with Gasteiger partial charge in [-0.05, 0) is 44.2 Å². The van der Waals surface area contributed by atoms with Gasteiger partial charge in [-0.15, -0.1) is 0 Å². The number of nitriles is 1. The average molecular weight is 368 g/mol. The molecule has 0 radical (unpaired) electrons. The molecule has 1 atom stereocenters. The zero-order valence-corrected chi connectivity index (χ0v) is 15.3. The number of imidazole rings is 1. The molecule has 0 bridgehead atoms. The number of ether oxygens (including phenoxy) is 2. The number of halogens is 1. The summed E-state index contributed by atoms with van der Waals surface area (Å²) in [6.45, 7) is 4.21. The molecule has 5 nitrogen and oxygen atoms in total. The summed E-state index contributed by atoms with van der Waals surface area (Å²) < 4.78 is 13.6. The normalized spacial score (nSPS) is 11.6. The van der Waals surface area contributed by atoms with Gasteiger partial charge in [0.15, 0.2) is 0 Å². The van der Waals surface area contributed by atoms with Crippen LogP contribution in [0, 0.1) is 18.3 Å². The first-order valence-corrected chi connectivity index (χ1v) is 8.54. The van der Waals surface area contributed by atoms with Crippen molar-refractivity contribution in [1.29, 1.82) is 5.26 Å². The van der Waals surface area contributed by atoms with Crippen LogP contribution in [0.5, 0.6) is 11.5 Å². The summed E-state index contributed by atoms with van der Waals surface area (Å²) >= 11 is 6.14. The van der Waals surface area contributed by atoms with Crippen LogP contribution >= 0.6 is 11.6 Å². The largest absolute Gasteiger partial charge is 0.490 e. The van der Waals surface area contributed by atoms with Gasteiger partial charge in [0.2, 0.25) is 0 Å². The number of rotatable bonds is 6. The molecule has 0 fully saturated rings. The number of hydrogen-bond donors (Lipinski definition) is 0. The van der Waals surface area contributed by atoms with Crippen molar-refractivity contribution in [3.8, 4) is 23.3 Å². The van der Waals surface area contributed by atoms with Gasteiger partial charge >= 0.3 is 0 Å². The Kier molecular flexibility index (Phi) is 5.45. The molecule has 3 rings (SSSR count). The Labute approximate surface area is 157 Å². The van der Waals surface area contributed by atoms with Gasteiger partial charge in [0.1, 0.15) is 30.0 Å². The third-order valence-corrected chi connectivity index (χ3v) is 4.09. The van der Waals surface area contributed by atoms with Crippen LogP contribution in [-0.4, -0.2) is 22.3 Å². The minimum atomic E-state index is -0.209. The summed E-state index contributed by atoms with van der Waals surface area (Å²) in [6.07, 6.45) is 3.46. The zero-order chi connectivity index (χ0) is 18.5. The number of aromatic nitrogens is 2. The highest BCUT2D eigenvalue weighted by molar-refractivity contribution is 6.32. The SMILES string of the molecule is Cc1nccn1-c1cccc(OC[C@@H](C)Oc2ccc(C#N)cc2Cl)c1. The van der Waals surface area contributed by atoms with Crippen LogP contribution in [-0.2, 0) is 0 Å². The maximum atomic E-state index is 8.88. The van der Waals surface area contributed by atoms with Crippen LogP contribution in [0.25, 0.3) is 5.69 Å². The van der Waals surface area contributed by atoms with Gasteiger partial charge in [-0.2, -0.15) is 5.26 Å². The maximum Gasteiger partial charge on any atom is 0.138 e. The van der Waals surface area contributed by atoms with Crippen molar-refractivity contribution >= 4 is 11.6 Å². The average Bonchev–Trinajstić information content (AvgIpc) is 3.08. The standard InChI is InChI=1S/C20H18ClN3O2/c1-14(26-20-7-6-16(12-22)10-19(20)21)13-25-18-5-3-4-17(11-18)24-9-8-23-15(24)2/h3-11,14H,13H2,1-2H3/t14-/m1/s1. The molecule has 1 aromatic heterocycles. The van der Waals surface area contributed by atoms with E-state index < -0.39 is 0 Å². The first kappa shape index (κ1) is 17.8. The summed E-state index contributed by atoms with van der Waals surface area (Å²) in [4.78, 5) is 4.23. The highest BCUT2D eigenvalue weighted by Gasteiger charge is 2.10. The second kappa shape index (κ2) is 7.94. The fourth-order valence-corrected chi connectivity index (χ4v) is 2.73. The van der Waals surface area contributed by atoms with E-state index in [9.17, 15) is 0 Å². The number of aryl methyl sites for hydroxylation is 1. The molecule has 132 valence electrons. The van der Waals surface area contributed by atoms with Crippen molar-refractivity contribution in [2.75, 3.05) is 6.61 Å². The van der Waals surface area contributed by atoms with Crippen molar-refractivity contribution < 1.29 is 9.47 Å². The second-order valence-electron chi connectivity index (χ2n) is 5.84. The molecule has 0 spiro atoms. The third-order valence-electron chi connectivity index (χ3n) is 3.80. The molecule has 3 aromatic rings. The Morgan fingerprint density at radius 2 is 2.12 bits per heavy atom. The van der Waals surface area contributed by atoms with E-state index in [1.54, 1.807) is 24.4 Å². The molecule has 6 heteroatoms. The first-order chi connectivity index (χ1) is 12.6. The van der Waals surface area contributed by atoms with E-state index in [4.69, 9.17) is 26.3 Å². The van der Waals surface area contributed by atoms with E-state index in [-0.39, 0.29) is 6.10 Å². The molecule has 0 aliphatic carbocycles. The van der Waals surface area contributed by atoms with Gasteiger partial charge < -0.3 is 14.0 Å².